The van der Waals surface area contributed by atoms with Gasteiger partial charge in [0.15, 0.2) is 0 Å². The molecular formula is C23H31N3O2. The second kappa shape index (κ2) is 9.32. The number of piperidine rings is 1. The van der Waals surface area contributed by atoms with Gasteiger partial charge in [-0.2, -0.15) is 0 Å². The Balaban J connectivity index is 1.42. The lowest BCUT2D eigenvalue weighted by Gasteiger charge is -2.34. The zero-order valence-electron chi connectivity index (χ0n) is 16.6. The Morgan fingerprint density at radius 3 is 2.32 bits per heavy atom. The van der Waals surface area contributed by atoms with Crippen LogP contribution in [0.5, 0.6) is 0 Å². The van der Waals surface area contributed by atoms with Crippen molar-refractivity contribution in [1.29, 1.82) is 0 Å². The Labute approximate surface area is 167 Å². The lowest BCUT2D eigenvalue weighted by molar-refractivity contribution is -0.126. The molecule has 5 nitrogen and oxygen atoms in total. The van der Waals surface area contributed by atoms with E-state index in [9.17, 15) is 9.90 Å². The number of rotatable bonds is 7. The Morgan fingerprint density at radius 1 is 1.14 bits per heavy atom. The van der Waals surface area contributed by atoms with Gasteiger partial charge in [-0.1, -0.05) is 60.7 Å². The third-order valence-corrected chi connectivity index (χ3v) is 5.72. The predicted octanol–water partition coefficient (Wildman–Crippen LogP) is 2.42. The van der Waals surface area contributed by atoms with Crippen LogP contribution >= 0.6 is 0 Å². The van der Waals surface area contributed by atoms with Crippen molar-refractivity contribution >= 4 is 5.91 Å². The zero-order valence-corrected chi connectivity index (χ0v) is 16.6. The highest BCUT2D eigenvalue weighted by atomic mass is 16.3. The summed E-state index contributed by atoms with van der Waals surface area (Å²) in [7, 11) is 0. The van der Waals surface area contributed by atoms with Gasteiger partial charge in [0.25, 0.3) is 0 Å². The molecule has 0 radical (unpaired) electrons. The molecule has 2 aromatic rings. The van der Waals surface area contributed by atoms with Gasteiger partial charge in [-0.05, 0) is 49.9 Å². The Hall–Kier alpha value is -2.21. The van der Waals surface area contributed by atoms with Crippen molar-refractivity contribution in [1.82, 2.24) is 10.2 Å². The fraction of sp³-hybridized carbons (Fsp3) is 0.435. The van der Waals surface area contributed by atoms with Gasteiger partial charge >= 0.3 is 0 Å². The lowest BCUT2D eigenvalue weighted by atomic mass is 9.91. The summed E-state index contributed by atoms with van der Waals surface area (Å²) < 4.78 is 0. The van der Waals surface area contributed by atoms with Crippen molar-refractivity contribution in [2.75, 3.05) is 26.2 Å². The molecule has 2 unspecified atom stereocenters. The summed E-state index contributed by atoms with van der Waals surface area (Å²) in [6.07, 6.45) is 1.56. The number of β-amino-alcohol motifs (C(OH)–C–C–N with tert-alkyl or cyclic N) is 1. The lowest BCUT2D eigenvalue weighted by Crippen LogP contribution is -2.50. The number of carbonyl (C=O) groups excluding carboxylic acids is 1. The van der Waals surface area contributed by atoms with Crippen LogP contribution in [0.15, 0.2) is 60.7 Å². The highest BCUT2D eigenvalue weighted by molar-refractivity contribution is 5.86. The first kappa shape index (κ1) is 20.5. The molecule has 1 heterocycles. The zero-order chi connectivity index (χ0) is 20.0. The van der Waals surface area contributed by atoms with E-state index in [1.54, 1.807) is 6.92 Å². The number of aliphatic hydroxyl groups is 1. The molecule has 0 saturated carbocycles. The summed E-state index contributed by atoms with van der Waals surface area (Å²) in [4.78, 5) is 14.9. The quantitative estimate of drug-likeness (QED) is 0.688. The van der Waals surface area contributed by atoms with Gasteiger partial charge < -0.3 is 21.1 Å². The van der Waals surface area contributed by atoms with Crippen LogP contribution in [0.3, 0.4) is 0 Å². The van der Waals surface area contributed by atoms with E-state index in [1.807, 2.05) is 60.7 Å². The Morgan fingerprint density at radius 2 is 1.71 bits per heavy atom. The molecule has 0 aromatic heterocycles. The maximum atomic E-state index is 12.6. The molecule has 0 spiro atoms. The van der Waals surface area contributed by atoms with E-state index in [2.05, 4.69) is 10.2 Å². The van der Waals surface area contributed by atoms with Crippen LogP contribution in [0.2, 0.25) is 0 Å². The van der Waals surface area contributed by atoms with Gasteiger partial charge in [0.1, 0.15) is 5.54 Å². The molecule has 4 N–H and O–H groups in total. The molecule has 1 amide bonds. The molecule has 28 heavy (non-hydrogen) atoms. The number of amides is 1. The van der Waals surface area contributed by atoms with E-state index in [0.717, 1.165) is 37.1 Å². The molecule has 1 aliphatic rings. The standard InChI is InChI=1S/C23H31N3O2/c1-23(24,20-10-6-3-7-11-20)22(28)25-16-18-12-14-26(15-13-18)17-21(27)19-8-4-2-5-9-19/h2-11,18,21,27H,12-17,24H2,1H3,(H,25,28). The highest BCUT2D eigenvalue weighted by Crippen LogP contribution is 2.21. The summed E-state index contributed by atoms with van der Waals surface area (Å²) >= 11 is 0. The number of nitrogens with zero attached hydrogens (tertiary/aromatic N) is 1. The summed E-state index contributed by atoms with van der Waals surface area (Å²) in [5.74, 6) is 0.307. The van der Waals surface area contributed by atoms with Crippen LogP contribution in [0.25, 0.3) is 0 Å². The number of aliphatic hydroxyl groups excluding tert-OH is 1. The number of nitrogens with two attached hydrogens (primary N) is 1. The third kappa shape index (κ3) is 5.19. The van der Waals surface area contributed by atoms with Crippen LogP contribution in [-0.2, 0) is 10.3 Å². The normalized spacial score (nSPS) is 19.0. The number of carbonyl (C=O) groups is 1. The van der Waals surface area contributed by atoms with Gasteiger partial charge in [0.2, 0.25) is 5.91 Å². The maximum Gasteiger partial charge on any atom is 0.244 e. The summed E-state index contributed by atoms with van der Waals surface area (Å²) in [5.41, 5.74) is 7.03. The van der Waals surface area contributed by atoms with Gasteiger partial charge in [-0.3, -0.25) is 4.79 Å². The van der Waals surface area contributed by atoms with Crippen LogP contribution in [0.1, 0.15) is 37.0 Å². The van der Waals surface area contributed by atoms with Crippen molar-refractivity contribution in [2.45, 2.75) is 31.4 Å². The minimum absolute atomic E-state index is 0.138. The fourth-order valence-corrected chi connectivity index (χ4v) is 3.73. The van der Waals surface area contributed by atoms with E-state index < -0.39 is 11.6 Å². The van der Waals surface area contributed by atoms with Gasteiger partial charge in [0.05, 0.1) is 6.10 Å². The van der Waals surface area contributed by atoms with E-state index in [4.69, 9.17) is 5.73 Å². The molecule has 2 atom stereocenters. The first-order chi connectivity index (χ1) is 13.5. The molecule has 0 aliphatic carbocycles. The number of likely N-dealkylation sites (tertiary alicyclic amines) is 1. The minimum Gasteiger partial charge on any atom is -0.387 e. The number of hydrogen-bond acceptors (Lipinski definition) is 4. The monoisotopic (exact) mass is 381 g/mol. The molecule has 5 heteroatoms. The van der Waals surface area contributed by atoms with Crippen LogP contribution in [0.4, 0.5) is 0 Å². The summed E-state index contributed by atoms with van der Waals surface area (Å²) in [5, 5.41) is 13.4. The van der Waals surface area contributed by atoms with E-state index >= 15 is 0 Å². The van der Waals surface area contributed by atoms with Crippen molar-refractivity contribution in [2.24, 2.45) is 11.7 Å². The molecule has 2 aromatic carbocycles. The van der Waals surface area contributed by atoms with Crippen molar-refractivity contribution in [3.8, 4) is 0 Å². The van der Waals surface area contributed by atoms with Crippen LogP contribution in [0, 0.1) is 5.92 Å². The van der Waals surface area contributed by atoms with E-state index in [-0.39, 0.29) is 5.91 Å². The predicted molar refractivity (Wildman–Crippen MR) is 112 cm³/mol. The second-order valence-corrected chi connectivity index (χ2v) is 7.95. The first-order valence-corrected chi connectivity index (χ1v) is 10.0. The average molecular weight is 382 g/mol. The fourth-order valence-electron chi connectivity index (χ4n) is 3.73. The molecule has 3 rings (SSSR count). The first-order valence-electron chi connectivity index (χ1n) is 10.0. The maximum absolute atomic E-state index is 12.6. The van der Waals surface area contributed by atoms with Gasteiger partial charge in [-0.25, -0.2) is 0 Å². The van der Waals surface area contributed by atoms with Gasteiger partial charge in [-0.15, -0.1) is 0 Å². The Kier molecular flexibility index (Phi) is 6.83. The van der Waals surface area contributed by atoms with E-state index in [1.165, 1.54) is 0 Å². The Bertz CT molecular complexity index is 741. The average Bonchev–Trinajstić information content (AvgIpc) is 2.74. The summed E-state index contributed by atoms with van der Waals surface area (Å²) in [6, 6.07) is 19.3. The minimum atomic E-state index is -1.03. The third-order valence-electron chi connectivity index (χ3n) is 5.72. The largest absolute Gasteiger partial charge is 0.387 e. The smallest absolute Gasteiger partial charge is 0.244 e. The van der Waals surface area contributed by atoms with Gasteiger partial charge in [0, 0.05) is 13.1 Å². The van der Waals surface area contributed by atoms with Crippen LogP contribution in [-0.4, -0.2) is 42.1 Å². The molecule has 1 saturated heterocycles. The molecule has 150 valence electrons. The number of benzene rings is 2. The highest BCUT2D eigenvalue weighted by Gasteiger charge is 2.31. The van der Waals surface area contributed by atoms with Crippen molar-refractivity contribution in [3.05, 3.63) is 71.8 Å². The number of nitrogens with one attached hydrogen (secondary N) is 1. The summed E-state index contributed by atoms with van der Waals surface area (Å²) in [6.45, 7) is 4.92. The molecule has 0 bridgehead atoms. The van der Waals surface area contributed by atoms with Crippen molar-refractivity contribution < 1.29 is 9.90 Å². The van der Waals surface area contributed by atoms with Crippen LogP contribution < -0.4 is 11.1 Å². The van der Waals surface area contributed by atoms with E-state index in [0.29, 0.717) is 19.0 Å². The van der Waals surface area contributed by atoms with Crippen molar-refractivity contribution in [3.63, 3.8) is 0 Å². The molecule has 1 fully saturated rings. The molecular weight excluding hydrogens is 350 g/mol. The number of hydrogen-bond donors (Lipinski definition) is 3. The topological polar surface area (TPSA) is 78.6 Å². The SMILES string of the molecule is CC(N)(C(=O)NCC1CCN(CC(O)c2ccccc2)CC1)c1ccccc1. The molecule has 1 aliphatic heterocycles. The second-order valence-electron chi connectivity index (χ2n) is 7.95.